The van der Waals surface area contributed by atoms with E-state index in [9.17, 15) is 0 Å². The molecule has 1 aromatic carbocycles. The van der Waals surface area contributed by atoms with Crippen molar-refractivity contribution in [3.05, 3.63) is 52.8 Å². The second kappa shape index (κ2) is 6.06. The predicted octanol–water partition coefficient (Wildman–Crippen LogP) is 4.08. The molecule has 0 spiro atoms. The molecular formula is C17H22N2O. The molecule has 1 unspecified atom stereocenters. The zero-order valence-corrected chi connectivity index (χ0v) is 12.8. The molecule has 1 atom stereocenters. The molecule has 0 saturated heterocycles. The van der Waals surface area contributed by atoms with Crippen LogP contribution in [0.5, 0.6) is 11.5 Å². The van der Waals surface area contributed by atoms with Gasteiger partial charge < -0.3 is 10.1 Å². The minimum atomic E-state index is 0.243. The van der Waals surface area contributed by atoms with Gasteiger partial charge in [0.05, 0.1) is 11.9 Å². The third kappa shape index (κ3) is 3.17. The number of aromatic nitrogens is 1. The maximum atomic E-state index is 5.96. The standard InChI is InChI=1S/C17H22N2O/c1-11-8-12(2)13(3)17(9-11)20-15-6-7-16(19-10-15)14(4)18-5/h6-10,14,18H,1-5H3. The molecule has 3 nitrogen and oxygen atoms in total. The summed E-state index contributed by atoms with van der Waals surface area (Å²) in [5.41, 5.74) is 4.63. The first-order chi connectivity index (χ1) is 9.51. The first kappa shape index (κ1) is 14.5. The SMILES string of the molecule is CNC(C)c1ccc(Oc2cc(C)cc(C)c2C)cn1. The first-order valence-corrected chi connectivity index (χ1v) is 6.90. The second-order valence-corrected chi connectivity index (χ2v) is 5.24. The largest absolute Gasteiger partial charge is 0.455 e. The molecule has 106 valence electrons. The summed E-state index contributed by atoms with van der Waals surface area (Å²) in [7, 11) is 1.93. The van der Waals surface area contributed by atoms with Crippen LogP contribution in [0.15, 0.2) is 30.5 Å². The lowest BCUT2D eigenvalue weighted by atomic mass is 10.1. The average molecular weight is 270 g/mol. The molecule has 1 N–H and O–H groups in total. The number of hydrogen-bond acceptors (Lipinski definition) is 3. The molecule has 0 amide bonds. The van der Waals surface area contributed by atoms with Gasteiger partial charge in [-0.15, -0.1) is 0 Å². The molecule has 20 heavy (non-hydrogen) atoms. The Morgan fingerprint density at radius 3 is 2.50 bits per heavy atom. The van der Waals surface area contributed by atoms with E-state index < -0.39 is 0 Å². The van der Waals surface area contributed by atoms with E-state index >= 15 is 0 Å². The molecule has 1 aromatic heterocycles. The van der Waals surface area contributed by atoms with Gasteiger partial charge in [0.15, 0.2) is 0 Å². The monoisotopic (exact) mass is 270 g/mol. The molecule has 0 saturated carbocycles. The Morgan fingerprint density at radius 2 is 1.90 bits per heavy atom. The highest BCUT2D eigenvalue weighted by atomic mass is 16.5. The van der Waals surface area contributed by atoms with Gasteiger partial charge in [0.2, 0.25) is 0 Å². The van der Waals surface area contributed by atoms with Crippen LogP contribution in [-0.4, -0.2) is 12.0 Å². The molecule has 0 bridgehead atoms. The van der Waals surface area contributed by atoms with Crippen molar-refractivity contribution in [1.82, 2.24) is 10.3 Å². The Labute approximate surface area is 121 Å². The summed E-state index contributed by atoms with van der Waals surface area (Å²) in [5, 5.41) is 3.17. The number of pyridine rings is 1. The van der Waals surface area contributed by atoms with E-state index in [1.807, 2.05) is 19.2 Å². The number of rotatable bonds is 4. The minimum Gasteiger partial charge on any atom is -0.455 e. The quantitative estimate of drug-likeness (QED) is 0.909. The lowest BCUT2D eigenvalue weighted by Gasteiger charge is -2.13. The molecular weight excluding hydrogens is 248 g/mol. The fourth-order valence-electron chi connectivity index (χ4n) is 2.09. The summed E-state index contributed by atoms with van der Waals surface area (Å²) in [4.78, 5) is 4.43. The second-order valence-electron chi connectivity index (χ2n) is 5.24. The summed E-state index contributed by atoms with van der Waals surface area (Å²) in [6.07, 6.45) is 1.78. The van der Waals surface area contributed by atoms with Gasteiger partial charge in [-0.3, -0.25) is 4.98 Å². The summed E-state index contributed by atoms with van der Waals surface area (Å²) < 4.78 is 5.96. The Kier molecular flexibility index (Phi) is 4.40. The van der Waals surface area contributed by atoms with Gasteiger partial charge in [-0.25, -0.2) is 0 Å². The van der Waals surface area contributed by atoms with Crippen LogP contribution < -0.4 is 10.1 Å². The number of nitrogens with one attached hydrogen (secondary N) is 1. The van der Waals surface area contributed by atoms with Gasteiger partial charge in [0.25, 0.3) is 0 Å². The molecule has 0 aliphatic heterocycles. The summed E-state index contributed by atoms with van der Waals surface area (Å²) >= 11 is 0. The number of aryl methyl sites for hydroxylation is 2. The zero-order valence-electron chi connectivity index (χ0n) is 12.8. The Morgan fingerprint density at radius 1 is 1.15 bits per heavy atom. The molecule has 0 radical (unpaired) electrons. The highest BCUT2D eigenvalue weighted by Crippen LogP contribution is 2.28. The topological polar surface area (TPSA) is 34.1 Å². The molecule has 2 rings (SSSR count). The van der Waals surface area contributed by atoms with Gasteiger partial charge in [0, 0.05) is 6.04 Å². The van der Waals surface area contributed by atoms with Gasteiger partial charge in [-0.1, -0.05) is 6.07 Å². The molecule has 3 heteroatoms. The van der Waals surface area contributed by atoms with E-state index in [2.05, 4.69) is 50.1 Å². The molecule has 2 aromatic rings. The van der Waals surface area contributed by atoms with Crippen molar-refractivity contribution < 1.29 is 4.74 Å². The summed E-state index contributed by atoms with van der Waals surface area (Å²) in [6.45, 7) is 8.34. The van der Waals surface area contributed by atoms with Crippen molar-refractivity contribution in [2.75, 3.05) is 7.05 Å². The van der Waals surface area contributed by atoms with Crippen LogP contribution >= 0.6 is 0 Å². The highest BCUT2D eigenvalue weighted by Gasteiger charge is 2.07. The molecule has 0 aliphatic rings. The van der Waals surface area contributed by atoms with Crippen LogP contribution in [0, 0.1) is 20.8 Å². The Hall–Kier alpha value is -1.87. The molecule has 0 fully saturated rings. The number of benzene rings is 1. The zero-order chi connectivity index (χ0) is 14.7. The summed E-state index contributed by atoms with van der Waals surface area (Å²) in [6, 6.07) is 8.43. The summed E-state index contributed by atoms with van der Waals surface area (Å²) in [5.74, 6) is 1.67. The third-order valence-corrected chi connectivity index (χ3v) is 3.63. The maximum absolute atomic E-state index is 5.96. The smallest absolute Gasteiger partial charge is 0.145 e. The van der Waals surface area contributed by atoms with Crippen LogP contribution in [-0.2, 0) is 0 Å². The van der Waals surface area contributed by atoms with Gasteiger partial charge in [0.1, 0.15) is 11.5 Å². The highest BCUT2D eigenvalue weighted by molar-refractivity contribution is 5.44. The van der Waals surface area contributed by atoms with Crippen molar-refractivity contribution >= 4 is 0 Å². The Balaban J connectivity index is 2.22. The van der Waals surface area contributed by atoms with E-state index in [1.54, 1.807) is 6.20 Å². The Bertz CT molecular complexity index is 591. The number of hydrogen-bond donors (Lipinski definition) is 1. The normalized spacial score (nSPS) is 12.2. The van der Waals surface area contributed by atoms with E-state index in [0.29, 0.717) is 0 Å². The van der Waals surface area contributed by atoms with Crippen LogP contribution in [0.3, 0.4) is 0 Å². The van der Waals surface area contributed by atoms with E-state index in [0.717, 1.165) is 17.2 Å². The molecule has 0 aliphatic carbocycles. The lowest BCUT2D eigenvalue weighted by molar-refractivity contribution is 0.474. The predicted molar refractivity (Wildman–Crippen MR) is 82.4 cm³/mol. The number of ether oxygens (including phenoxy) is 1. The number of nitrogens with zero attached hydrogens (tertiary/aromatic N) is 1. The van der Waals surface area contributed by atoms with Gasteiger partial charge in [-0.05, 0) is 69.6 Å². The van der Waals surface area contributed by atoms with Crippen LogP contribution in [0.1, 0.15) is 35.3 Å². The van der Waals surface area contributed by atoms with E-state index in [4.69, 9.17) is 4.74 Å². The lowest BCUT2D eigenvalue weighted by Crippen LogP contribution is -2.13. The van der Waals surface area contributed by atoms with Crippen molar-refractivity contribution in [3.8, 4) is 11.5 Å². The first-order valence-electron chi connectivity index (χ1n) is 6.90. The van der Waals surface area contributed by atoms with E-state index in [-0.39, 0.29) is 6.04 Å². The average Bonchev–Trinajstić information content (AvgIpc) is 2.44. The van der Waals surface area contributed by atoms with Crippen molar-refractivity contribution in [2.45, 2.75) is 33.7 Å². The van der Waals surface area contributed by atoms with Crippen LogP contribution in [0.4, 0.5) is 0 Å². The van der Waals surface area contributed by atoms with Crippen LogP contribution in [0.25, 0.3) is 0 Å². The van der Waals surface area contributed by atoms with Crippen molar-refractivity contribution in [2.24, 2.45) is 0 Å². The molecule has 1 heterocycles. The van der Waals surface area contributed by atoms with Gasteiger partial charge in [-0.2, -0.15) is 0 Å². The fourth-order valence-corrected chi connectivity index (χ4v) is 2.09. The minimum absolute atomic E-state index is 0.243. The fraction of sp³-hybridized carbons (Fsp3) is 0.353. The van der Waals surface area contributed by atoms with Crippen molar-refractivity contribution in [3.63, 3.8) is 0 Å². The van der Waals surface area contributed by atoms with E-state index in [1.165, 1.54) is 16.7 Å². The van der Waals surface area contributed by atoms with Gasteiger partial charge >= 0.3 is 0 Å². The third-order valence-electron chi connectivity index (χ3n) is 3.63. The van der Waals surface area contributed by atoms with Crippen molar-refractivity contribution in [1.29, 1.82) is 0 Å². The van der Waals surface area contributed by atoms with Crippen LogP contribution in [0.2, 0.25) is 0 Å². The maximum Gasteiger partial charge on any atom is 0.145 e.